The fourth-order valence-corrected chi connectivity index (χ4v) is 10.4. The van der Waals surface area contributed by atoms with Crippen molar-refractivity contribution in [3.8, 4) is 0 Å². The van der Waals surface area contributed by atoms with Gasteiger partial charge in [0.1, 0.15) is 5.16 Å². The van der Waals surface area contributed by atoms with Crippen LogP contribution in [0.5, 0.6) is 0 Å². The Morgan fingerprint density at radius 1 is 0.786 bits per heavy atom. The van der Waals surface area contributed by atoms with Crippen molar-refractivity contribution in [1.29, 1.82) is 0 Å². The van der Waals surface area contributed by atoms with Crippen LogP contribution in [0.3, 0.4) is 0 Å². The van der Waals surface area contributed by atoms with Crippen molar-refractivity contribution < 1.29 is 18.9 Å². The van der Waals surface area contributed by atoms with E-state index >= 15 is 4.57 Å². The second-order valence-electron chi connectivity index (χ2n) is 10.7. The van der Waals surface area contributed by atoms with Gasteiger partial charge in [-0.2, -0.15) is 0 Å². The van der Waals surface area contributed by atoms with E-state index in [4.69, 9.17) is 9.57 Å². The van der Waals surface area contributed by atoms with E-state index in [1.807, 2.05) is 124 Å². The van der Waals surface area contributed by atoms with E-state index in [0.717, 1.165) is 22.6 Å². The number of nitrogens with zero attached hydrogens (tertiary/aromatic N) is 3. The molecule has 2 aliphatic rings. The minimum absolute atomic E-state index is 0.0500. The summed E-state index contributed by atoms with van der Waals surface area (Å²) in [4.78, 5) is 20.1. The minimum atomic E-state index is -3.64. The van der Waals surface area contributed by atoms with Gasteiger partial charge in [0.15, 0.2) is 0 Å². The summed E-state index contributed by atoms with van der Waals surface area (Å²) < 4.78 is 26.1. The molecule has 2 unspecified atom stereocenters. The van der Waals surface area contributed by atoms with Crippen LogP contribution >= 0.6 is 7.44 Å². The van der Waals surface area contributed by atoms with Crippen LogP contribution in [0, 0.1) is 0 Å². The first-order valence-corrected chi connectivity index (χ1v) is 16.1. The molecule has 4 aromatic carbocycles. The molecule has 42 heavy (non-hydrogen) atoms. The molecule has 0 aliphatic carbocycles. The molecule has 2 heterocycles. The highest BCUT2D eigenvalue weighted by Crippen LogP contribution is 2.72. The summed E-state index contributed by atoms with van der Waals surface area (Å²) in [6.45, 7) is 3.24. The highest BCUT2D eigenvalue weighted by atomic mass is 31.2. The largest absolute Gasteiger partial charge is 0.466 e. The fourth-order valence-electron chi connectivity index (χ4n) is 6.38. The molecule has 7 nitrogen and oxygen atoms in total. The number of carbonyl (C=O) groups excluding carboxylic acids is 1. The molecule has 2 fully saturated rings. The number of carbonyl (C=O) groups is 1. The van der Waals surface area contributed by atoms with E-state index in [2.05, 4.69) is 12.1 Å². The first-order chi connectivity index (χ1) is 20.6. The lowest BCUT2D eigenvalue weighted by Crippen LogP contribution is -2.53. The lowest BCUT2D eigenvalue weighted by atomic mass is 9.90. The van der Waals surface area contributed by atoms with E-state index in [-0.39, 0.29) is 25.6 Å². The molecule has 2 saturated heterocycles. The third-order valence-corrected chi connectivity index (χ3v) is 12.2. The van der Waals surface area contributed by atoms with Crippen LogP contribution in [0.25, 0.3) is 0 Å². The summed E-state index contributed by atoms with van der Waals surface area (Å²) >= 11 is 0. The van der Waals surface area contributed by atoms with Crippen molar-refractivity contribution in [3.63, 3.8) is 0 Å². The molecule has 0 aromatic heterocycles. The molecule has 2 atom stereocenters. The van der Waals surface area contributed by atoms with Crippen LogP contribution in [0.15, 0.2) is 121 Å². The zero-order valence-corrected chi connectivity index (χ0v) is 24.7. The molecule has 0 radical (unpaired) electrons. The summed E-state index contributed by atoms with van der Waals surface area (Å²) in [6, 6.07) is 39.4. The third-order valence-electron chi connectivity index (χ3n) is 8.26. The molecule has 8 heteroatoms. The Morgan fingerprint density at radius 3 is 1.76 bits per heavy atom. The van der Waals surface area contributed by atoms with Crippen LogP contribution < -0.4 is 14.4 Å². The van der Waals surface area contributed by atoms with Crippen LogP contribution in [0.2, 0.25) is 0 Å². The van der Waals surface area contributed by atoms with Gasteiger partial charge < -0.3 is 14.1 Å². The third kappa shape index (κ3) is 4.97. The van der Waals surface area contributed by atoms with E-state index in [9.17, 15) is 4.79 Å². The Kier molecular flexibility index (Phi) is 8.05. The second-order valence-corrected chi connectivity index (χ2v) is 13.6. The molecular weight excluding hydrogens is 545 g/mol. The standard InChI is InChI=1S/C34H36N3O4P/c1-2-40-33(38)26-34(27-41-37(31-21-13-6-14-22-31)32(34)25-28-15-7-3-8-16-28)42(39)35(29-17-9-4-10-18-29)23-24-36(42)30-19-11-5-12-20-30/h3-22,32H,2,23-27H2,1H3. The molecule has 0 saturated carbocycles. The minimum Gasteiger partial charge on any atom is -0.466 e. The maximum atomic E-state index is 16.5. The predicted octanol–water partition coefficient (Wildman–Crippen LogP) is 6.96. The number of benzene rings is 4. The highest BCUT2D eigenvalue weighted by Gasteiger charge is 2.67. The van der Waals surface area contributed by atoms with Gasteiger partial charge in [-0.25, -0.2) is 5.06 Å². The van der Waals surface area contributed by atoms with Gasteiger partial charge in [-0.3, -0.25) is 14.2 Å². The molecule has 0 bridgehead atoms. The van der Waals surface area contributed by atoms with Crippen molar-refractivity contribution in [3.05, 3.63) is 127 Å². The maximum absolute atomic E-state index is 16.5. The summed E-state index contributed by atoms with van der Waals surface area (Å²) in [5, 5.41) is 0.754. The monoisotopic (exact) mass is 581 g/mol. The number of esters is 1. The molecular formula is C34H36N3O4P. The first kappa shape index (κ1) is 28.1. The van der Waals surface area contributed by atoms with Crippen molar-refractivity contribution in [1.82, 2.24) is 0 Å². The molecule has 2 aliphatic heterocycles. The topological polar surface area (TPSA) is 62.3 Å². The molecule has 0 spiro atoms. The molecule has 6 rings (SSSR count). The number of ether oxygens (including phenoxy) is 1. The molecule has 216 valence electrons. The smallest absolute Gasteiger partial charge is 0.307 e. The van der Waals surface area contributed by atoms with E-state index in [1.54, 1.807) is 6.92 Å². The Labute approximate surface area is 247 Å². The van der Waals surface area contributed by atoms with Crippen LogP contribution in [0.1, 0.15) is 18.9 Å². The van der Waals surface area contributed by atoms with E-state index in [1.165, 1.54) is 0 Å². The van der Waals surface area contributed by atoms with Gasteiger partial charge in [0.2, 0.25) is 0 Å². The lowest BCUT2D eigenvalue weighted by molar-refractivity contribution is -0.144. The Morgan fingerprint density at radius 2 is 1.26 bits per heavy atom. The van der Waals surface area contributed by atoms with Gasteiger partial charge in [0, 0.05) is 24.5 Å². The van der Waals surface area contributed by atoms with Crippen molar-refractivity contribution >= 4 is 30.5 Å². The zero-order chi connectivity index (χ0) is 29.0. The number of rotatable bonds is 9. The zero-order valence-electron chi connectivity index (χ0n) is 23.8. The Balaban J connectivity index is 1.58. The highest BCUT2D eigenvalue weighted by molar-refractivity contribution is 7.69. The van der Waals surface area contributed by atoms with Gasteiger partial charge in [0.05, 0.1) is 31.4 Å². The average molecular weight is 582 g/mol. The maximum Gasteiger partial charge on any atom is 0.307 e. The van der Waals surface area contributed by atoms with Crippen LogP contribution in [-0.2, 0) is 25.4 Å². The number of para-hydroxylation sites is 3. The normalized spacial score (nSPS) is 21.5. The molecule has 0 amide bonds. The van der Waals surface area contributed by atoms with E-state index < -0.39 is 18.6 Å². The summed E-state index contributed by atoms with van der Waals surface area (Å²) in [7, 11) is -3.64. The van der Waals surface area contributed by atoms with Crippen molar-refractivity contribution in [2.75, 3.05) is 40.7 Å². The summed E-state index contributed by atoms with van der Waals surface area (Å²) in [6.07, 6.45) is 0.482. The summed E-state index contributed by atoms with van der Waals surface area (Å²) in [5.74, 6) is -0.378. The summed E-state index contributed by atoms with van der Waals surface area (Å²) in [5.41, 5.74) is 3.65. The number of hydrogen-bond donors (Lipinski definition) is 0. The van der Waals surface area contributed by atoms with Gasteiger partial charge in [-0.15, -0.1) is 0 Å². The van der Waals surface area contributed by atoms with Crippen molar-refractivity contribution in [2.45, 2.75) is 31.0 Å². The average Bonchev–Trinajstić information content (AvgIpc) is 3.58. The quantitative estimate of drug-likeness (QED) is 0.156. The van der Waals surface area contributed by atoms with Gasteiger partial charge >= 0.3 is 5.97 Å². The Hall–Kier alpha value is -4.06. The van der Waals surface area contributed by atoms with Crippen LogP contribution in [0.4, 0.5) is 17.1 Å². The lowest BCUT2D eigenvalue weighted by Gasteiger charge is -2.46. The molecule has 0 N–H and O–H groups in total. The number of hydrogen-bond acceptors (Lipinski definition) is 5. The van der Waals surface area contributed by atoms with Gasteiger partial charge in [0.25, 0.3) is 7.44 Å². The Bertz CT molecular complexity index is 1470. The number of hydroxylamine groups is 1. The van der Waals surface area contributed by atoms with Crippen LogP contribution in [-0.4, -0.2) is 43.5 Å². The first-order valence-electron chi connectivity index (χ1n) is 14.5. The van der Waals surface area contributed by atoms with Gasteiger partial charge in [-0.05, 0) is 55.3 Å². The molecule has 4 aromatic rings. The SMILES string of the molecule is CCOC(=O)CC1(P2(=O)N(c3ccccc3)CCN2c2ccccc2)CON(c2ccccc2)C1Cc1ccccc1. The van der Waals surface area contributed by atoms with E-state index in [0.29, 0.717) is 19.5 Å². The van der Waals surface area contributed by atoms with Gasteiger partial charge in [-0.1, -0.05) is 84.9 Å². The van der Waals surface area contributed by atoms with Crippen molar-refractivity contribution in [2.24, 2.45) is 0 Å². The predicted molar refractivity (Wildman–Crippen MR) is 168 cm³/mol. The second kappa shape index (κ2) is 12.0. The number of anilines is 3. The fraction of sp³-hybridized carbons (Fsp3) is 0.265.